The Hall–Kier alpha value is -1.88. The van der Waals surface area contributed by atoms with E-state index in [2.05, 4.69) is 10.2 Å². The monoisotopic (exact) mass is 309 g/mol. The van der Waals surface area contributed by atoms with Gasteiger partial charge in [0.15, 0.2) is 0 Å². The Balaban J connectivity index is 1.92. The fourth-order valence-corrected chi connectivity index (χ4v) is 2.38. The van der Waals surface area contributed by atoms with Crippen LogP contribution in [0.4, 0.5) is 4.39 Å². The zero-order valence-corrected chi connectivity index (χ0v) is 12.5. The molecule has 0 spiro atoms. The largest absolute Gasteiger partial charge is 0.341 e. The summed E-state index contributed by atoms with van der Waals surface area (Å²) >= 11 is 5.97. The van der Waals surface area contributed by atoms with Crippen LogP contribution in [-0.2, 0) is 17.8 Å². The van der Waals surface area contributed by atoms with Crippen molar-refractivity contribution in [1.82, 2.24) is 15.1 Å². The van der Waals surface area contributed by atoms with E-state index in [0.29, 0.717) is 17.1 Å². The Morgan fingerprint density at radius 2 is 2.29 bits per heavy atom. The summed E-state index contributed by atoms with van der Waals surface area (Å²) in [5.74, 6) is -0.389. The molecule has 0 radical (unpaired) electrons. The summed E-state index contributed by atoms with van der Waals surface area (Å²) in [5, 5.41) is 7.17. The summed E-state index contributed by atoms with van der Waals surface area (Å²) < 4.78 is 13.7. The third-order valence-corrected chi connectivity index (χ3v) is 3.75. The average Bonchev–Trinajstić information content (AvgIpc) is 2.86. The lowest BCUT2D eigenvalue weighted by Gasteiger charge is -2.18. The standard InChI is InChI=1S/C15H17ClFN3O/c1-11-12(8-18-19-11)4-3-7-20(10-21)9-13-14(16)5-2-6-15(13)17/h2,5-6,8,10H,3-4,7,9H2,1H3,(H,18,19). The van der Waals surface area contributed by atoms with Crippen molar-refractivity contribution in [3.63, 3.8) is 0 Å². The Morgan fingerprint density at radius 1 is 1.48 bits per heavy atom. The van der Waals surface area contributed by atoms with Crippen molar-refractivity contribution in [1.29, 1.82) is 0 Å². The van der Waals surface area contributed by atoms with E-state index < -0.39 is 0 Å². The number of H-pyrrole nitrogens is 1. The Labute approximate surface area is 127 Å². The van der Waals surface area contributed by atoms with Gasteiger partial charge in [-0.3, -0.25) is 9.89 Å². The van der Waals surface area contributed by atoms with Crippen LogP contribution in [0.25, 0.3) is 0 Å². The molecule has 6 heteroatoms. The molecular weight excluding hydrogens is 293 g/mol. The lowest BCUT2D eigenvalue weighted by molar-refractivity contribution is -0.118. The SMILES string of the molecule is Cc1[nH]ncc1CCCN(C=O)Cc1c(F)cccc1Cl. The van der Waals surface area contributed by atoms with Crippen LogP contribution in [-0.4, -0.2) is 28.1 Å². The molecule has 0 aliphatic heterocycles. The van der Waals surface area contributed by atoms with Crippen molar-refractivity contribution >= 4 is 18.0 Å². The second kappa shape index (κ2) is 7.22. The molecule has 0 aliphatic rings. The number of nitrogens with zero attached hydrogens (tertiary/aromatic N) is 2. The topological polar surface area (TPSA) is 49.0 Å². The molecule has 1 aromatic carbocycles. The fraction of sp³-hybridized carbons (Fsp3) is 0.333. The van der Waals surface area contributed by atoms with Gasteiger partial charge in [0.25, 0.3) is 0 Å². The van der Waals surface area contributed by atoms with E-state index in [0.717, 1.165) is 30.5 Å². The van der Waals surface area contributed by atoms with Gasteiger partial charge in [0.05, 0.1) is 6.20 Å². The molecule has 0 saturated carbocycles. The van der Waals surface area contributed by atoms with Gasteiger partial charge in [-0.05, 0) is 37.5 Å². The van der Waals surface area contributed by atoms with Crippen LogP contribution in [0, 0.1) is 12.7 Å². The highest BCUT2D eigenvalue weighted by atomic mass is 35.5. The van der Waals surface area contributed by atoms with Crippen molar-refractivity contribution in [2.75, 3.05) is 6.54 Å². The van der Waals surface area contributed by atoms with Crippen LogP contribution in [0.1, 0.15) is 23.2 Å². The molecule has 2 rings (SSSR count). The van der Waals surface area contributed by atoms with Gasteiger partial charge in [0.1, 0.15) is 5.82 Å². The number of aromatic nitrogens is 2. The second-order valence-corrected chi connectivity index (χ2v) is 5.31. The maximum atomic E-state index is 13.7. The molecule has 2 aromatic rings. The highest BCUT2D eigenvalue weighted by molar-refractivity contribution is 6.31. The Kier molecular flexibility index (Phi) is 5.33. The number of aryl methyl sites for hydroxylation is 2. The van der Waals surface area contributed by atoms with Crippen LogP contribution in [0.2, 0.25) is 5.02 Å². The molecule has 0 fully saturated rings. The van der Waals surface area contributed by atoms with Crippen molar-refractivity contribution in [3.8, 4) is 0 Å². The van der Waals surface area contributed by atoms with E-state index in [1.54, 1.807) is 18.3 Å². The van der Waals surface area contributed by atoms with Crippen molar-refractivity contribution in [2.45, 2.75) is 26.3 Å². The third kappa shape index (κ3) is 4.04. The smallest absolute Gasteiger partial charge is 0.210 e. The normalized spacial score (nSPS) is 10.6. The van der Waals surface area contributed by atoms with Crippen molar-refractivity contribution in [2.24, 2.45) is 0 Å². The Morgan fingerprint density at radius 3 is 2.90 bits per heavy atom. The summed E-state index contributed by atoms with van der Waals surface area (Å²) in [5.41, 5.74) is 2.51. The highest BCUT2D eigenvalue weighted by Gasteiger charge is 2.11. The van der Waals surface area contributed by atoms with Crippen LogP contribution < -0.4 is 0 Å². The fourth-order valence-electron chi connectivity index (χ4n) is 2.16. The summed E-state index contributed by atoms with van der Waals surface area (Å²) in [4.78, 5) is 12.7. The molecule has 1 heterocycles. The lowest BCUT2D eigenvalue weighted by atomic mass is 10.1. The number of amides is 1. The molecule has 4 nitrogen and oxygen atoms in total. The summed E-state index contributed by atoms with van der Waals surface area (Å²) in [6, 6.07) is 4.52. The average molecular weight is 310 g/mol. The van der Waals surface area contributed by atoms with Crippen LogP contribution in [0.5, 0.6) is 0 Å². The number of benzene rings is 1. The van der Waals surface area contributed by atoms with Gasteiger partial charge in [-0.25, -0.2) is 4.39 Å². The van der Waals surface area contributed by atoms with Gasteiger partial charge in [0.2, 0.25) is 6.41 Å². The zero-order valence-electron chi connectivity index (χ0n) is 11.8. The predicted octanol–water partition coefficient (Wildman–Crippen LogP) is 3.10. The molecule has 21 heavy (non-hydrogen) atoms. The van der Waals surface area contributed by atoms with Crippen molar-refractivity contribution < 1.29 is 9.18 Å². The second-order valence-electron chi connectivity index (χ2n) is 4.90. The molecular formula is C15H17ClFN3O. The van der Waals surface area contributed by atoms with Gasteiger partial charge < -0.3 is 4.90 Å². The molecule has 0 saturated heterocycles. The van der Waals surface area contributed by atoms with E-state index in [1.165, 1.54) is 11.0 Å². The first-order valence-corrected chi connectivity index (χ1v) is 7.10. The number of carbonyl (C=O) groups excluding carboxylic acids is 1. The van der Waals surface area contributed by atoms with Gasteiger partial charge in [-0.15, -0.1) is 0 Å². The number of halogens is 2. The summed E-state index contributed by atoms with van der Waals surface area (Å²) in [6.45, 7) is 2.68. The quantitative estimate of drug-likeness (QED) is 0.799. The predicted molar refractivity (Wildman–Crippen MR) is 79.5 cm³/mol. The molecule has 1 N–H and O–H groups in total. The number of carbonyl (C=O) groups is 1. The van der Waals surface area contributed by atoms with Crippen LogP contribution in [0.3, 0.4) is 0 Å². The first-order valence-electron chi connectivity index (χ1n) is 6.73. The number of rotatable bonds is 7. The minimum Gasteiger partial charge on any atom is -0.341 e. The molecule has 0 atom stereocenters. The maximum Gasteiger partial charge on any atom is 0.210 e. The molecule has 0 bridgehead atoms. The third-order valence-electron chi connectivity index (χ3n) is 3.40. The van der Waals surface area contributed by atoms with Gasteiger partial charge in [0, 0.05) is 29.4 Å². The Bertz CT molecular complexity index is 594. The first kappa shape index (κ1) is 15.5. The molecule has 1 aromatic heterocycles. The number of hydrogen-bond donors (Lipinski definition) is 1. The lowest BCUT2D eigenvalue weighted by Crippen LogP contribution is -2.23. The van der Waals surface area contributed by atoms with E-state index >= 15 is 0 Å². The number of hydrogen-bond acceptors (Lipinski definition) is 2. The molecule has 0 unspecified atom stereocenters. The van der Waals surface area contributed by atoms with E-state index in [4.69, 9.17) is 11.6 Å². The molecule has 1 amide bonds. The highest BCUT2D eigenvalue weighted by Crippen LogP contribution is 2.20. The number of aromatic amines is 1. The number of nitrogens with one attached hydrogen (secondary N) is 1. The molecule has 112 valence electrons. The van der Waals surface area contributed by atoms with Crippen LogP contribution >= 0.6 is 11.6 Å². The van der Waals surface area contributed by atoms with Gasteiger partial charge in [-0.1, -0.05) is 17.7 Å². The minimum absolute atomic E-state index is 0.180. The van der Waals surface area contributed by atoms with Gasteiger partial charge in [-0.2, -0.15) is 5.10 Å². The van der Waals surface area contributed by atoms with Crippen molar-refractivity contribution in [3.05, 3.63) is 52.1 Å². The summed E-state index contributed by atoms with van der Waals surface area (Å²) in [6.07, 6.45) is 4.11. The van der Waals surface area contributed by atoms with Crippen LogP contribution in [0.15, 0.2) is 24.4 Å². The minimum atomic E-state index is -0.389. The maximum absolute atomic E-state index is 13.7. The van der Waals surface area contributed by atoms with E-state index in [1.807, 2.05) is 6.92 Å². The van der Waals surface area contributed by atoms with Gasteiger partial charge >= 0.3 is 0 Å². The zero-order chi connectivity index (χ0) is 15.2. The van der Waals surface area contributed by atoms with E-state index in [9.17, 15) is 9.18 Å². The summed E-state index contributed by atoms with van der Waals surface area (Å²) in [7, 11) is 0. The van der Waals surface area contributed by atoms with E-state index in [-0.39, 0.29) is 12.4 Å². The first-order chi connectivity index (χ1) is 10.1. The molecule has 0 aliphatic carbocycles.